The van der Waals surface area contributed by atoms with Gasteiger partial charge >= 0.3 is 5.23 Å². The van der Waals surface area contributed by atoms with Crippen molar-refractivity contribution in [3.8, 4) is 5.75 Å². The Labute approximate surface area is 177 Å². The van der Waals surface area contributed by atoms with Gasteiger partial charge in [0.2, 0.25) is 0 Å². The fraction of sp³-hybridized carbons (Fsp3) is 0.261. The number of ether oxygens (including phenoxy) is 1. The van der Waals surface area contributed by atoms with Crippen molar-refractivity contribution in [2.75, 3.05) is 0 Å². The fourth-order valence-electron chi connectivity index (χ4n) is 3.13. The minimum Gasteiger partial charge on any atom is -0.402 e. The van der Waals surface area contributed by atoms with Gasteiger partial charge in [-0.25, -0.2) is 4.98 Å². The molecule has 150 valence electrons. The van der Waals surface area contributed by atoms with Crippen LogP contribution in [0, 0.1) is 33.1 Å². The highest BCUT2D eigenvalue weighted by atomic mass is 32.1. The van der Waals surface area contributed by atoms with Crippen molar-refractivity contribution >= 4 is 23.7 Å². The summed E-state index contributed by atoms with van der Waals surface area (Å²) in [6.45, 7) is 9.13. The van der Waals surface area contributed by atoms with Gasteiger partial charge in [0, 0.05) is 17.8 Å². The van der Waals surface area contributed by atoms with Crippen LogP contribution in [0.15, 0.2) is 53.8 Å². The number of aryl methyl sites for hydroxylation is 5. The summed E-state index contributed by atoms with van der Waals surface area (Å²) in [5, 5.41) is 8.37. The Hall–Kier alpha value is -2.86. The Kier molecular flexibility index (Phi) is 6.54. The molecule has 0 fully saturated rings. The molecule has 0 saturated heterocycles. The molecular formula is C23H27N4OS+. The first-order chi connectivity index (χ1) is 13.8. The third-order valence-electron chi connectivity index (χ3n) is 5.07. The second-order valence-corrected chi connectivity index (χ2v) is 7.56. The smallest absolute Gasteiger partial charge is 0.402 e. The lowest BCUT2D eigenvalue weighted by Crippen LogP contribution is -2.10. The maximum Gasteiger partial charge on any atom is 0.414 e. The van der Waals surface area contributed by atoms with Crippen molar-refractivity contribution in [2.45, 2.75) is 40.7 Å². The molecule has 0 amide bonds. The molecule has 1 heterocycles. The molecule has 0 aliphatic heterocycles. The normalized spacial score (nSPS) is 11.6. The van der Waals surface area contributed by atoms with E-state index in [2.05, 4.69) is 47.1 Å². The number of hydrogen-bond donors (Lipinski definition) is 1. The number of nitrogens with zero attached hydrogens (tertiary/aromatic N) is 3. The third-order valence-corrected chi connectivity index (χ3v) is 5.28. The molecule has 29 heavy (non-hydrogen) atoms. The number of benzene rings is 2. The Morgan fingerprint density at radius 1 is 1.10 bits per heavy atom. The van der Waals surface area contributed by atoms with Crippen LogP contribution in [0.3, 0.4) is 0 Å². The number of aliphatic imine (C=N–C) groups is 1. The first-order valence-electron chi connectivity index (χ1n) is 9.55. The highest BCUT2D eigenvalue weighted by molar-refractivity contribution is 7.77. The molecule has 0 radical (unpaired) electrons. The maximum atomic E-state index is 8.11. The van der Waals surface area contributed by atoms with E-state index in [-0.39, 0.29) is 11.1 Å². The van der Waals surface area contributed by atoms with Crippen LogP contribution < -0.4 is 4.74 Å². The van der Waals surface area contributed by atoms with Gasteiger partial charge in [0.1, 0.15) is 5.75 Å². The Morgan fingerprint density at radius 3 is 2.48 bits per heavy atom. The Morgan fingerprint density at radius 2 is 1.83 bits per heavy atom. The van der Waals surface area contributed by atoms with Gasteiger partial charge in [-0.2, -0.15) is 0 Å². The van der Waals surface area contributed by atoms with Crippen LogP contribution in [0.1, 0.15) is 33.6 Å². The minimum absolute atomic E-state index is 0.146. The van der Waals surface area contributed by atoms with Crippen molar-refractivity contribution in [3.05, 3.63) is 82.4 Å². The Balaban J connectivity index is 1.71. The summed E-state index contributed by atoms with van der Waals surface area (Å²) >= 11 is 3.40. The van der Waals surface area contributed by atoms with E-state index in [4.69, 9.17) is 10.1 Å². The largest absolute Gasteiger partial charge is 0.414 e. The number of nitrogens with one attached hydrogen (secondary N) is 1. The second kappa shape index (κ2) is 9.09. The van der Waals surface area contributed by atoms with E-state index in [0.29, 0.717) is 0 Å². The lowest BCUT2D eigenvalue weighted by Gasteiger charge is -2.12. The van der Waals surface area contributed by atoms with Crippen LogP contribution in [0.25, 0.3) is 0 Å². The molecule has 0 bridgehead atoms. The number of hydrogen-bond acceptors (Lipinski definition) is 3. The Bertz CT molecular complexity index is 1050. The number of rotatable bonds is 5. The molecule has 1 N–H and O–H groups in total. The monoisotopic (exact) mass is 407 g/mol. The molecular weight excluding hydrogens is 380 g/mol. The van der Waals surface area contributed by atoms with E-state index >= 15 is 0 Å². The summed E-state index contributed by atoms with van der Waals surface area (Å²) in [6.07, 6.45) is 2.83. The predicted molar refractivity (Wildman–Crippen MR) is 123 cm³/mol. The lowest BCUT2D eigenvalue weighted by atomic mass is 10.0. The quantitative estimate of drug-likeness (QED) is 0.393. The van der Waals surface area contributed by atoms with E-state index in [1.807, 2.05) is 56.6 Å². The number of imidazole rings is 1. The van der Waals surface area contributed by atoms with Gasteiger partial charge in [0.15, 0.2) is 5.84 Å². The minimum atomic E-state index is 0.146. The third kappa shape index (κ3) is 5.15. The summed E-state index contributed by atoms with van der Waals surface area (Å²) in [7, 11) is 0. The van der Waals surface area contributed by atoms with Crippen LogP contribution in [0.4, 0.5) is 0 Å². The lowest BCUT2D eigenvalue weighted by molar-refractivity contribution is 0.561. The molecule has 0 spiro atoms. The fourth-order valence-corrected chi connectivity index (χ4v) is 3.35. The van der Waals surface area contributed by atoms with Crippen LogP contribution in [-0.4, -0.2) is 20.6 Å². The molecule has 5 nitrogen and oxygen atoms in total. The molecule has 3 rings (SSSR count). The van der Waals surface area contributed by atoms with Crippen molar-refractivity contribution in [1.29, 1.82) is 5.41 Å². The SMILES string of the molecule is Cc1cc(OC([SH2+])=NC(=N)c2ccccc2)c(C)cc1CCn1cnc(C)c1C. The van der Waals surface area contributed by atoms with Gasteiger partial charge in [-0.05, 0) is 56.9 Å². The molecule has 0 atom stereocenters. The molecule has 6 heteroatoms. The van der Waals surface area contributed by atoms with Crippen LogP contribution in [0.2, 0.25) is 0 Å². The molecule has 0 aliphatic rings. The van der Waals surface area contributed by atoms with Gasteiger partial charge in [-0.3, -0.25) is 5.41 Å². The summed E-state index contributed by atoms with van der Waals surface area (Å²) < 4.78 is 8.05. The van der Waals surface area contributed by atoms with E-state index in [0.717, 1.165) is 41.1 Å². The molecule has 3 aromatic rings. The van der Waals surface area contributed by atoms with E-state index in [9.17, 15) is 0 Å². The average Bonchev–Trinajstić information content (AvgIpc) is 3.02. The van der Waals surface area contributed by atoms with Crippen molar-refractivity contribution in [1.82, 2.24) is 9.55 Å². The first kappa shape index (κ1) is 20.9. The molecule has 2 aromatic carbocycles. The van der Waals surface area contributed by atoms with Gasteiger partial charge in [-0.1, -0.05) is 36.4 Å². The van der Waals surface area contributed by atoms with Crippen molar-refractivity contribution in [3.63, 3.8) is 0 Å². The highest BCUT2D eigenvalue weighted by Crippen LogP contribution is 2.24. The summed E-state index contributed by atoms with van der Waals surface area (Å²) in [4.78, 5) is 8.57. The zero-order valence-electron chi connectivity index (χ0n) is 17.3. The molecule has 0 aliphatic carbocycles. The van der Waals surface area contributed by atoms with Gasteiger partial charge in [0.05, 0.1) is 24.7 Å². The zero-order valence-corrected chi connectivity index (χ0v) is 18.3. The highest BCUT2D eigenvalue weighted by Gasteiger charge is 2.12. The van der Waals surface area contributed by atoms with Crippen molar-refractivity contribution < 1.29 is 4.74 Å². The maximum absolute atomic E-state index is 8.11. The van der Waals surface area contributed by atoms with E-state index in [1.165, 1.54) is 11.3 Å². The summed E-state index contributed by atoms with van der Waals surface area (Å²) in [5.41, 5.74) is 6.50. The van der Waals surface area contributed by atoms with Gasteiger partial charge < -0.3 is 9.30 Å². The predicted octanol–water partition coefficient (Wildman–Crippen LogP) is 4.13. The number of amidine groups is 1. The van der Waals surface area contributed by atoms with Crippen LogP contribution in [-0.2, 0) is 25.6 Å². The van der Waals surface area contributed by atoms with Gasteiger partial charge in [-0.15, -0.1) is 4.99 Å². The van der Waals surface area contributed by atoms with Gasteiger partial charge in [0.25, 0.3) is 0 Å². The van der Waals surface area contributed by atoms with Crippen molar-refractivity contribution in [2.24, 2.45) is 4.99 Å². The number of aromatic nitrogens is 2. The topological polar surface area (TPSA) is 63.3 Å². The molecule has 1 aromatic heterocycles. The second-order valence-electron chi connectivity index (χ2n) is 7.14. The summed E-state index contributed by atoms with van der Waals surface area (Å²) in [5.74, 6) is 0.878. The molecule has 0 saturated carbocycles. The first-order valence-corrected chi connectivity index (χ1v) is 10.1. The molecule has 0 unspecified atom stereocenters. The standard InChI is InChI=1S/C23H26N4OS/c1-15-13-21(28-23(29)26-22(24)19-8-6-5-7-9-19)16(2)12-20(15)10-11-27-14-25-17(3)18(27)4/h5-9,12-14H,10-11H2,1-4H3,(H2,24,26,29)/p+1. The summed E-state index contributed by atoms with van der Waals surface area (Å²) in [6, 6.07) is 13.6. The van der Waals surface area contributed by atoms with E-state index in [1.54, 1.807) is 0 Å². The average molecular weight is 408 g/mol. The zero-order chi connectivity index (χ0) is 21.0. The van der Waals surface area contributed by atoms with E-state index < -0.39 is 0 Å². The van der Waals surface area contributed by atoms with Crippen LogP contribution in [0.5, 0.6) is 5.75 Å². The van der Waals surface area contributed by atoms with Crippen LogP contribution >= 0.6 is 0 Å².